The molecular formula is C12H20N4O2. The second kappa shape index (κ2) is 5.86. The third-order valence-corrected chi connectivity index (χ3v) is 3.41. The van der Waals surface area contributed by atoms with E-state index < -0.39 is 0 Å². The Labute approximate surface area is 106 Å². The highest BCUT2D eigenvalue weighted by atomic mass is 16.5. The van der Waals surface area contributed by atoms with E-state index in [9.17, 15) is 4.79 Å². The number of nitrogens with zero attached hydrogens (tertiary/aromatic N) is 2. The Bertz CT molecular complexity index is 438. The number of hydrogen-bond acceptors (Lipinski definition) is 5. The van der Waals surface area contributed by atoms with Crippen LogP contribution in [-0.2, 0) is 0 Å². The summed E-state index contributed by atoms with van der Waals surface area (Å²) in [6.07, 6.45) is 3.74. The monoisotopic (exact) mass is 252 g/mol. The molecule has 2 N–H and O–H groups in total. The van der Waals surface area contributed by atoms with Crippen molar-refractivity contribution >= 4 is 5.82 Å². The number of rotatable bonds is 4. The molecule has 0 saturated carbocycles. The van der Waals surface area contributed by atoms with Gasteiger partial charge in [-0.3, -0.25) is 4.79 Å². The summed E-state index contributed by atoms with van der Waals surface area (Å²) in [5, 5.41) is 3.21. The van der Waals surface area contributed by atoms with Gasteiger partial charge >= 0.3 is 0 Å². The van der Waals surface area contributed by atoms with Crippen molar-refractivity contribution in [1.29, 1.82) is 0 Å². The molecule has 0 atom stereocenters. The van der Waals surface area contributed by atoms with Crippen molar-refractivity contribution in [3.63, 3.8) is 0 Å². The van der Waals surface area contributed by atoms with Crippen molar-refractivity contribution < 1.29 is 4.74 Å². The molecule has 6 nitrogen and oxygen atoms in total. The Kier molecular flexibility index (Phi) is 4.19. The van der Waals surface area contributed by atoms with Crippen LogP contribution in [0.25, 0.3) is 0 Å². The Hall–Kier alpha value is -1.56. The van der Waals surface area contributed by atoms with Gasteiger partial charge in [0.25, 0.3) is 5.56 Å². The van der Waals surface area contributed by atoms with Crippen LogP contribution in [-0.4, -0.2) is 48.7 Å². The summed E-state index contributed by atoms with van der Waals surface area (Å²) in [7, 11) is 3.62. The molecule has 1 aliphatic heterocycles. The van der Waals surface area contributed by atoms with E-state index in [1.54, 1.807) is 0 Å². The molecule has 0 aromatic carbocycles. The molecule has 1 fully saturated rings. The highest BCUT2D eigenvalue weighted by Gasteiger charge is 2.17. The van der Waals surface area contributed by atoms with E-state index in [4.69, 9.17) is 4.74 Å². The van der Waals surface area contributed by atoms with Crippen molar-refractivity contribution in [3.8, 4) is 5.75 Å². The number of aromatic amines is 1. The van der Waals surface area contributed by atoms with Gasteiger partial charge in [-0.25, -0.2) is 4.98 Å². The minimum Gasteiger partial charge on any atom is -0.489 e. The van der Waals surface area contributed by atoms with Gasteiger partial charge in [0.2, 0.25) is 5.75 Å². The Morgan fingerprint density at radius 1 is 1.56 bits per heavy atom. The molecule has 100 valence electrons. The molecule has 0 spiro atoms. The molecular weight excluding hydrogens is 232 g/mol. The zero-order valence-corrected chi connectivity index (χ0v) is 10.9. The molecule has 18 heavy (non-hydrogen) atoms. The fraction of sp³-hybridized carbons (Fsp3) is 0.667. The van der Waals surface area contributed by atoms with Crippen molar-refractivity contribution in [2.75, 3.05) is 39.1 Å². The average molecular weight is 252 g/mol. The number of H-pyrrole nitrogens is 1. The Balaban J connectivity index is 1.94. The van der Waals surface area contributed by atoms with Crippen molar-refractivity contribution in [3.05, 3.63) is 16.7 Å². The molecule has 1 aliphatic rings. The highest BCUT2D eigenvalue weighted by molar-refractivity contribution is 5.47. The van der Waals surface area contributed by atoms with Gasteiger partial charge in [0, 0.05) is 6.54 Å². The number of hydrogen-bond donors (Lipinski definition) is 2. The summed E-state index contributed by atoms with van der Waals surface area (Å²) < 4.78 is 5.06. The van der Waals surface area contributed by atoms with E-state index in [1.165, 1.54) is 26.3 Å². The van der Waals surface area contributed by atoms with Gasteiger partial charge in [0.05, 0.1) is 13.4 Å². The molecule has 6 heteroatoms. The summed E-state index contributed by atoms with van der Waals surface area (Å²) in [6, 6.07) is 0. The second-order valence-electron chi connectivity index (χ2n) is 4.74. The lowest BCUT2D eigenvalue weighted by molar-refractivity contribution is 0.226. The maximum Gasteiger partial charge on any atom is 0.295 e. The molecule has 2 heterocycles. The fourth-order valence-electron chi connectivity index (χ4n) is 2.21. The number of nitrogens with one attached hydrogen (secondary N) is 2. The summed E-state index contributed by atoms with van der Waals surface area (Å²) in [5.74, 6) is 1.41. The van der Waals surface area contributed by atoms with Gasteiger partial charge in [0.15, 0.2) is 5.82 Å². The zero-order chi connectivity index (χ0) is 13.0. The van der Waals surface area contributed by atoms with Crippen molar-refractivity contribution in [1.82, 2.24) is 14.9 Å². The van der Waals surface area contributed by atoms with Crippen LogP contribution in [0.1, 0.15) is 12.8 Å². The Morgan fingerprint density at radius 2 is 2.28 bits per heavy atom. The number of likely N-dealkylation sites (tertiary alicyclic amines) is 1. The van der Waals surface area contributed by atoms with Crippen molar-refractivity contribution in [2.24, 2.45) is 5.92 Å². The zero-order valence-electron chi connectivity index (χ0n) is 10.9. The largest absolute Gasteiger partial charge is 0.489 e. The minimum atomic E-state index is -0.252. The number of anilines is 1. The van der Waals surface area contributed by atoms with E-state index >= 15 is 0 Å². The van der Waals surface area contributed by atoms with Crippen LogP contribution in [0.5, 0.6) is 5.75 Å². The van der Waals surface area contributed by atoms with E-state index in [0.29, 0.717) is 11.7 Å². The first kappa shape index (κ1) is 12.9. The first-order valence-corrected chi connectivity index (χ1v) is 6.24. The lowest BCUT2D eigenvalue weighted by Gasteiger charge is -2.29. The van der Waals surface area contributed by atoms with Crippen LogP contribution in [0.3, 0.4) is 0 Å². The van der Waals surface area contributed by atoms with E-state index in [0.717, 1.165) is 19.6 Å². The van der Waals surface area contributed by atoms with Gasteiger partial charge < -0.3 is 19.9 Å². The van der Waals surface area contributed by atoms with Crippen LogP contribution in [0.4, 0.5) is 5.82 Å². The van der Waals surface area contributed by atoms with Gasteiger partial charge in [-0.15, -0.1) is 0 Å². The van der Waals surface area contributed by atoms with Crippen LogP contribution < -0.4 is 15.6 Å². The quantitative estimate of drug-likeness (QED) is 0.818. The molecule has 1 aromatic rings. The van der Waals surface area contributed by atoms with Crippen LogP contribution >= 0.6 is 0 Å². The molecule has 0 bridgehead atoms. The summed E-state index contributed by atoms with van der Waals surface area (Å²) in [4.78, 5) is 20.4. The van der Waals surface area contributed by atoms with E-state index in [1.807, 2.05) is 0 Å². The number of aromatic nitrogens is 2. The normalized spacial score (nSPS) is 17.7. The van der Waals surface area contributed by atoms with E-state index in [2.05, 4.69) is 27.2 Å². The lowest BCUT2D eigenvalue weighted by atomic mass is 9.97. The number of ether oxygens (including phenoxy) is 1. The molecule has 2 rings (SSSR count). The molecule has 0 unspecified atom stereocenters. The van der Waals surface area contributed by atoms with Crippen LogP contribution in [0, 0.1) is 5.92 Å². The smallest absolute Gasteiger partial charge is 0.295 e. The fourth-order valence-corrected chi connectivity index (χ4v) is 2.21. The number of piperidine rings is 1. The van der Waals surface area contributed by atoms with Crippen LogP contribution in [0.15, 0.2) is 11.1 Å². The van der Waals surface area contributed by atoms with Gasteiger partial charge in [0.1, 0.15) is 0 Å². The summed E-state index contributed by atoms with van der Waals surface area (Å²) in [5.41, 5.74) is -0.252. The molecule has 1 aromatic heterocycles. The first-order valence-electron chi connectivity index (χ1n) is 6.24. The molecule has 0 aliphatic carbocycles. The average Bonchev–Trinajstić information content (AvgIpc) is 2.38. The predicted molar refractivity (Wildman–Crippen MR) is 70.1 cm³/mol. The Morgan fingerprint density at radius 3 is 2.94 bits per heavy atom. The SMILES string of the molecule is COc1c(NCC2CCN(C)CC2)nc[nH]c1=O. The topological polar surface area (TPSA) is 70.2 Å². The van der Waals surface area contributed by atoms with Crippen LogP contribution in [0.2, 0.25) is 0 Å². The van der Waals surface area contributed by atoms with Gasteiger partial charge in [-0.1, -0.05) is 0 Å². The number of methoxy groups -OCH3 is 1. The maximum atomic E-state index is 11.5. The third-order valence-electron chi connectivity index (χ3n) is 3.41. The lowest BCUT2D eigenvalue weighted by Crippen LogP contribution is -2.33. The van der Waals surface area contributed by atoms with Gasteiger partial charge in [-0.05, 0) is 38.9 Å². The van der Waals surface area contributed by atoms with E-state index in [-0.39, 0.29) is 11.3 Å². The summed E-state index contributed by atoms with van der Waals surface area (Å²) >= 11 is 0. The first-order chi connectivity index (χ1) is 8.70. The second-order valence-corrected chi connectivity index (χ2v) is 4.74. The standard InChI is InChI=1S/C12H20N4O2/c1-16-5-3-9(4-6-16)7-13-11-10(18-2)12(17)15-8-14-11/h8-9H,3-7H2,1-2H3,(H2,13,14,15,17). The maximum absolute atomic E-state index is 11.5. The molecule has 0 radical (unpaired) electrons. The minimum absolute atomic E-state index is 0.252. The predicted octanol–water partition coefficient (Wildman–Crippen LogP) is 0.532. The van der Waals surface area contributed by atoms with Crippen molar-refractivity contribution in [2.45, 2.75) is 12.8 Å². The highest BCUT2D eigenvalue weighted by Crippen LogP contribution is 2.19. The summed E-state index contributed by atoms with van der Waals surface area (Å²) in [6.45, 7) is 3.10. The molecule has 1 saturated heterocycles. The third kappa shape index (κ3) is 3.01. The van der Waals surface area contributed by atoms with Gasteiger partial charge in [-0.2, -0.15) is 0 Å². The molecule has 0 amide bonds.